The highest BCUT2D eigenvalue weighted by Gasteiger charge is 2.25. The third kappa shape index (κ3) is 2.18. The lowest BCUT2D eigenvalue weighted by atomic mass is 10.2. The molecule has 2 rings (SSSR count). The molecule has 1 aromatic carbocycles. The molecule has 1 saturated heterocycles. The van der Waals surface area contributed by atoms with Crippen molar-refractivity contribution in [3.63, 3.8) is 0 Å². The van der Waals surface area contributed by atoms with Crippen LogP contribution in [-0.4, -0.2) is 12.6 Å². The lowest BCUT2D eigenvalue weighted by Crippen LogP contribution is -2.28. The number of halogens is 1. The van der Waals surface area contributed by atoms with Crippen molar-refractivity contribution in [1.82, 2.24) is 0 Å². The average molecular weight is 212 g/mol. The van der Waals surface area contributed by atoms with E-state index in [2.05, 4.69) is 5.32 Å². The van der Waals surface area contributed by atoms with E-state index in [0.717, 1.165) is 12.1 Å². The monoisotopic (exact) mass is 211 g/mol. The summed E-state index contributed by atoms with van der Waals surface area (Å²) in [6, 6.07) is 7.67. The van der Waals surface area contributed by atoms with Crippen LogP contribution in [0.2, 0.25) is 5.02 Å². The molecule has 14 heavy (non-hydrogen) atoms. The van der Waals surface area contributed by atoms with E-state index in [1.807, 2.05) is 24.3 Å². The van der Waals surface area contributed by atoms with Crippen LogP contribution in [0.4, 0.5) is 5.69 Å². The molecule has 1 aliphatic heterocycles. The third-order valence-corrected chi connectivity index (χ3v) is 2.42. The first-order valence-corrected chi connectivity index (χ1v) is 4.91. The number of ether oxygens (including phenoxy) is 1. The zero-order chi connectivity index (χ0) is 9.97. The highest BCUT2D eigenvalue weighted by atomic mass is 35.5. The lowest BCUT2D eigenvalue weighted by molar-refractivity contribution is 0.196. The van der Waals surface area contributed by atoms with Gasteiger partial charge in [-0.05, 0) is 24.6 Å². The van der Waals surface area contributed by atoms with E-state index in [-0.39, 0.29) is 6.04 Å². The Balaban J connectivity index is 2.03. The van der Waals surface area contributed by atoms with Crippen LogP contribution in [0.1, 0.15) is 6.42 Å². The summed E-state index contributed by atoms with van der Waals surface area (Å²) in [5, 5.41) is 3.98. The van der Waals surface area contributed by atoms with Crippen LogP contribution in [0, 0.1) is 6.23 Å². The first kappa shape index (κ1) is 9.77. The SMILES string of the molecule is N[C]1OCCC1Nc1cccc(Cl)c1. The summed E-state index contributed by atoms with van der Waals surface area (Å²) in [5.41, 5.74) is 6.63. The topological polar surface area (TPSA) is 47.3 Å². The number of anilines is 1. The molecule has 75 valence electrons. The Kier molecular flexibility index (Phi) is 2.91. The Hall–Kier alpha value is -0.770. The maximum atomic E-state index is 5.86. The van der Waals surface area contributed by atoms with Gasteiger partial charge in [0.2, 0.25) is 0 Å². The van der Waals surface area contributed by atoms with Crippen LogP contribution in [-0.2, 0) is 4.74 Å². The van der Waals surface area contributed by atoms with E-state index >= 15 is 0 Å². The molecule has 0 saturated carbocycles. The zero-order valence-corrected chi connectivity index (χ0v) is 8.42. The number of rotatable bonds is 2. The molecule has 1 heterocycles. The second-order valence-electron chi connectivity index (χ2n) is 3.25. The Morgan fingerprint density at radius 2 is 2.36 bits per heavy atom. The van der Waals surface area contributed by atoms with Gasteiger partial charge in [-0.2, -0.15) is 0 Å². The number of hydrogen-bond donors (Lipinski definition) is 2. The van der Waals surface area contributed by atoms with Crippen molar-refractivity contribution < 1.29 is 4.74 Å². The van der Waals surface area contributed by atoms with E-state index in [9.17, 15) is 0 Å². The quantitative estimate of drug-likeness (QED) is 0.787. The molecule has 0 aliphatic carbocycles. The van der Waals surface area contributed by atoms with Gasteiger partial charge in [-0.25, -0.2) is 0 Å². The van der Waals surface area contributed by atoms with Gasteiger partial charge in [0.25, 0.3) is 0 Å². The molecular formula is C10H12ClN2O. The van der Waals surface area contributed by atoms with E-state index in [0.29, 0.717) is 17.9 Å². The molecule has 1 unspecified atom stereocenters. The molecule has 3 nitrogen and oxygen atoms in total. The Labute approximate surface area is 88.2 Å². The van der Waals surface area contributed by atoms with Gasteiger partial charge in [-0.1, -0.05) is 17.7 Å². The number of hydrogen-bond acceptors (Lipinski definition) is 3. The van der Waals surface area contributed by atoms with Gasteiger partial charge >= 0.3 is 0 Å². The van der Waals surface area contributed by atoms with Crippen LogP contribution in [0.3, 0.4) is 0 Å². The van der Waals surface area contributed by atoms with Crippen LogP contribution in [0.25, 0.3) is 0 Å². The van der Waals surface area contributed by atoms with Crippen LogP contribution >= 0.6 is 11.6 Å². The van der Waals surface area contributed by atoms with Gasteiger partial charge in [0.1, 0.15) is 0 Å². The summed E-state index contributed by atoms with van der Waals surface area (Å²) in [4.78, 5) is 0. The normalized spacial score (nSPS) is 22.6. The molecular weight excluding hydrogens is 200 g/mol. The summed E-state index contributed by atoms with van der Waals surface area (Å²) in [5.74, 6) is 0. The number of benzene rings is 1. The minimum atomic E-state index is 0.105. The van der Waals surface area contributed by atoms with Gasteiger partial charge in [-0.3, -0.25) is 5.73 Å². The van der Waals surface area contributed by atoms with Gasteiger partial charge in [-0.15, -0.1) is 0 Å². The van der Waals surface area contributed by atoms with E-state index in [1.54, 1.807) is 0 Å². The molecule has 1 atom stereocenters. The van der Waals surface area contributed by atoms with Crippen LogP contribution in [0.5, 0.6) is 0 Å². The van der Waals surface area contributed by atoms with Gasteiger partial charge in [0, 0.05) is 10.7 Å². The van der Waals surface area contributed by atoms with Crippen molar-refractivity contribution in [2.24, 2.45) is 5.73 Å². The van der Waals surface area contributed by atoms with E-state index < -0.39 is 0 Å². The fourth-order valence-corrected chi connectivity index (χ4v) is 1.65. The molecule has 1 aromatic rings. The molecule has 0 bridgehead atoms. The minimum absolute atomic E-state index is 0.105. The maximum absolute atomic E-state index is 5.86. The molecule has 3 N–H and O–H groups in total. The summed E-state index contributed by atoms with van der Waals surface area (Å²) in [7, 11) is 0. The Morgan fingerprint density at radius 1 is 1.50 bits per heavy atom. The van der Waals surface area contributed by atoms with Crippen LogP contribution < -0.4 is 11.1 Å². The second-order valence-corrected chi connectivity index (χ2v) is 3.68. The van der Waals surface area contributed by atoms with Crippen molar-refractivity contribution in [2.45, 2.75) is 12.5 Å². The lowest BCUT2D eigenvalue weighted by Gasteiger charge is -2.15. The third-order valence-electron chi connectivity index (χ3n) is 2.18. The van der Waals surface area contributed by atoms with Gasteiger partial charge in [0.15, 0.2) is 6.23 Å². The minimum Gasteiger partial charge on any atom is -0.378 e. The predicted molar refractivity (Wildman–Crippen MR) is 56.9 cm³/mol. The first-order chi connectivity index (χ1) is 6.75. The Bertz CT molecular complexity index is 319. The van der Waals surface area contributed by atoms with Crippen LogP contribution in [0.15, 0.2) is 24.3 Å². The number of nitrogens with one attached hydrogen (secondary N) is 1. The number of nitrogens with two attached hydrogens (primary N) is 1. The Morgan fingerprint density at radius 3 is 3.00 bits per heavy atom. The molecule has 0 spiro atoms. The van der Waals surface area contributed by atoms with E-state index in [4.69, 9.17) is 22.1 Å². The molecule has 0 amide bonds. The fraction of sp³-hybridized carbons (Fsp3) is 0.300. The molecule has 4 heteroatoms. The predicted octanol–water partition coefficient (Wildman–Crippen LogP) is 1.99. The smallest absolute Gasteiger partial charge is 0.181 e. The summed E-state index contributed by atoms with van der Waals surface area (Å²) >= 11 is 5.86. The standard InChI is InChI=1S/C10H12ClN2O/c11-7-2-1-3-8(6-7)13-9-4-5-14-10(9)12/h1-3,6,9,13H,4-5,12H2. The van der Waals surface area contributed by atoms with Crippen molar-refractivity contribution in [1.29, 1.82) is 0 Å². The maximum Gasteiger partial charge on any atom is 0.181 e. The van der Waals surface area contributed by atoms with Crippen molar-refractivity contribution in [3.05, 3.63) is 35.5 Å². The largest absolute Gasteiger partial charge is 0.378 e. The molecule has 1 radical (unpaired) electrons. The fourth-order valence-electron chi connectivity index (χ4n) is 1.46. The second kappa shape index (κ2) is 4.17. The van der Waals surface area contributed by atoms with Gasteiger partial charge < -0.3 is 10.1 Å². The highest BCUT2D eigenvalue weighted by Crippen LogP contribution is 2.22. The van der Waals surface area contributed by atoms with Crippen molar-refractivity contribution in [2.75, 3.05) is 11.9 Å². The molecule has 1 fully saturated rings. The van der Waals surface area contributed by atoms with E-state index in [1.165, 1.54) is 0 Å². The van der Waals surface area contributed by atoms with Crippen molar-refractivity contribution in [3.8, 4) is 0 Å². The molecule has 0 aromatic heterocycles. The summed E-state index contributed by atoms with van der Waals surface area (Å²) < 4.78 is 5.17. The highest BCUT2D eigenvalue weighted by molar-refractivity contribution is 6.30. The molecule has 1 aliphatic rings. The summed E-state index contributed by atoms with van der Waals surface area (Å²) in [6.45, 7) is 0.685. The van der Waals surface area contributed by atoms with Crippen molar-refractivity contribution >= 4 is 17.3 Å². The van der Waals surface area contributed by atoms with Gasteiger partial charge in [0.05, 0.1) is 12.6 Å². The first-order valence-electron chi connectivity index (χ1n) is 4.53. The summed E-state index contributed by atoms with van der Waals surface area (Å²) in [6.07, 6.45) is 1.46. The average Bonchev–Trinajstić information content (AvgIpc) is 2.52. The zero-order valence-electron chi connectivity index (χ0n) is 7.66.